The van der Waals surface area contributed by atoms with Crippen molar-refractivity contribution in [2.45, 2.75) is 94.9 Å². The first kappa shape index (κ1) is 25.2. The van der Waals surface area contributed by atoms with Gasteiger partial charge >= 0.3 is 0 Å². The second-order valence-electron chi connectivity index (χ2n) is 12.3. The fraction of sp³-hybridized carbons (Fsp3) is 0.586. The van der Waals surface area contributed by atoms with Crippen LogP contribution in [0.4, 0.5) is 0 Å². The molecule has 3 heteroatoms. The van der Waals surface area contributed by atoms with E-state index in [4.69, 9.17) is 9.16 Å². The van der Waals surface area contributed by atoms with Gasteiger partial charge in [0.05, 0.1) is 18.4 Å². The van der Waals surface area contributed by atoms with E-state index in [0.717, 1.165) is 0 Å². The first-order valence-electron chi connectivity index (χ1n) is 12.0. The number of benzene rings is 2. The van der Waals surface area contributed by atoms with Crippen LogP contribution < -0.4 is 10.4 Å². The van der Waals surface area contributed by atoms with Crippen LogP contribution in [-0.4, -0.2) is 26.8 Å². The Labute approximate surface area is 197 Å². The number of hydrogen-bond donors (Lipinski definition) is 0. The van der Waals surface area contributed by atoms with Crippen LogP contribution in [0.25, 0.3) is 0 Å². The van der Waals surface area contributed by atoms with Gasteiger partial charge in [0.1, 0.15) is 0 Å². The van der Waals surface area contributed by atoms with Crippen molar-refractivity contribution in [2.24, 2.45) is 10.8 Å². The molecule has 176 valence electrons. The van der Waals surface area contributed by atoms with Crippen LogP contribution in [-0.2, 0) is 9.16 Å². The fourth-order valence-electron chi connectivity index (χ4n) is 5.91. The Morgan fingerprint density at radius 3 is 1.34 bits per heavy atom. The van der Waals surface area contributed by atoms with E-state index in [0.29, 0.717) is 6.61 Å². The van der Waals surface area contributed by atoms with Gasteiger partial charge in [0.2, 0.25) is 0 Å². The minimum atomic E-state index is -2.77. The Hall–Kier alpha value is -1.42. The molecule has 2 aromatic rings. The molecule has 0 aromatic heterocycles. The maximum atomic E-state index is 7.33. The van der Waals surface area contributed by atoms with E-state index in [-0.39, 0.29) is 22.7 Å². The molecule has 32 heavy (non-hydrogen) atoms. The van der Waals surface area contributed by atoms with Crippen molar-refractivity contribution in [3.05, 3.63) is 57.6 Å². The van der Waals surface area contributed by atoms with Crippen LogP contribution in [0.1, 0.15) is 74.9 Å². The molecule has 0 saturated carbocycles. The maximum absolute atomic E-state index is 7.33. The van der Waals surface area contributed by atoms with Gasteiger partial charge in [-0.3, -0.25) is 0 Å². The summed E-state index contributed by atoms with van der Waals surface area (Å²) in [7, 11) is -2.77. The van der Waals surface area contributed by atoms with Crippen molar-refractivity contribution >= 4 is 18.7 Å². The topological polar surface area (TPSA) is 18.5 Å². The molecule has 0 bridgehead atoms. The molecule has 0 amide bonds. The quantitative estimate of drug-likeness (QED) is 0.519. The van der Waals surface area contributed by atoms with Gasteiger partial charge in [0.15, 0.2) is 0 Å². The van der Waals surface area contributed by atoms with Gasteiger partial charge in [-0.1, -0.05) is 76.9 Å². The molecule has 0 aliphatic carbocycles. The minimum Gasteiger partial charge on any atom is -0.403 e. The lowest BCUT2D eigenvalue weighted by Crippen LogP contribution is -2.78. The van der Waals surface area contributed by atoms with Gasteiger partial charge in [0, 0.05) is 0 Å². The predicted molar refractivity (Wildman–Crippen MR) is 140 cm³/mol. The highest BCUT2D eigenvalue weighted by atomic mass is 28.4. The summed E-state index contributed by atoms with van der Waals surface area (Å²) in [5, 5.41) is 2.82. The lowest BCUT2D eigenvalue weighted by atomic mass is 9.89. The first-order chi connectivity index (χ1) is 14.6. The summed E-state index contributed by atoms with van der Waals surface area (Å²) in [4.78, 5) is 0. The zero-order chi connectivity index (χ0) is 24.2. The van der Waals surface area contributed by atoms with E-state index in [1.165, 1.54) is 43.8 Å². The van der Waals surface area contributed by atoms with Crippen molar-refractivity contribution in [1.29, 1.82) is 0 Å². The first-order valence-corrected chi connectivity index (χ1v) is 14.0. The van der Waals surface area contributed by atoms with Crippen LogP contribution in [0.15, 0.2) is 24.3 Å². The van der Waals surface area contributed by atoms with Crippen LogP contribution in [0.3, 0.4) is 0 Å². The van der Waals surface area contributed by atoms with Crippen LogP contribution in [0.2, 0.25) is 0 Å². The molecular formula is C29H44O2Si. The third kappa shape index (κ3) is 4.36. The number of rotatable bonds is 2. The highest BCUT2D eigenvalue weighted by molar-refractivity contribution is 6.99. The van der Waals surface area contributed by atoms with E-state index < -0.39 is 8.32 Å². The molecule has 2 nitrogen and oxygen atoms in total. The molecule has 2 atom stereocenters. The molecule has 1 saturated heterocycles. The van der Waals surface area contributed by atoms with Gasteiger partial charge in [0.25, 0.3) is 8.32 Å². The highest BCUT2D eigenvalue weighted by Gasteiger charge is 2.59. The fourth-order valence-corrected chi connectivity index (χ4v) is 11.7. The van der Waals surface area contributed by atoms with E-state index >= 15 is 0 Å². The van der Waals surface area contributed by atoms with Crippen LogP contribution >= 0.6 is 0 Å². The highest BCUT2D eigenvalue weighted by Crippen LogP contribution is 2.40. The third-order valence-electron chi connectivity index (χ3n) is 6.98. The molecular weight excluding hydrogens is 408 g/mol. The summed E-state index contributed by atoms with van der Waals surface area (Å²) in [6.45, 7) is 27.9. The summed E-state index contributed by atoms with van der Waals surface area (Å²) in [6.07, 6.45) is 0.0736. The van der Waals surface area contributed by atoms with Crippen molar-refractivity contribution in [2.75, 3.05) is 6.61 Å². The second-order valence-corrected chi connectivity index (χ2v) is 15.6. The van der Waals surface area contributed by atoms with Crippen molar-refractivity contribution in [3.63, 3.8) is 0 Å². The van der Waals surface area contributed by atoms with E-state index in [2.05, 4.69) is 107 Å². The lowest BCUT2D eigenvalue weighted by molar-refractivity contribution is -0.122. The summed E-state index contributed by atoms with van der Waals surface area (Å²) in [6, 6.07) is 9.31. The Bertz CT molecular complexity index is 903. The predicted octanol–water partition coefficient (Wildman–Crippen LogP) is 6.01. The van der Waals surface area contributed by atoms with E-state index in [9.17, 15) is 0 Å². The zero-order valence-corrected chi connectivity index (χ0v) is 23.5. The lowest BCUT2D eigenvalue weighted by Gasteiger charge is -2.53. The number of hydrogen-bond acceptors (Lipinski definition) is 2. The Balaban J connectivity index is 2.44. The molecule has 0 spiro atoms. The van der Waals surface area contributed by atoms with E-state index in [1.54, 1.807) is 0 Å². The molecule has 1 aliphatic rings. The van der Waals surface area contributed by atoms with Gasteiger partial charge in [-0.05, 0) is 85.0 Å². The van der Waals surface area contributed by atoms with Crippen molar-refractivity contribution in [1.82, 2.24) is 0 Å². The molecule has 2 aromatic carbocycles. The standard InChI is InChI=1S/C29H44O2Si/c1-18-13-20(3)25(21(4)14-18)32(26-22(5)15-19(2)16-23(26)6)27(29(10,11)12)31-24(17-30-32)28(7,8)9/h13-16,24,27H,17H2,1-12H3/t24-,27-/m0/s1. The molecule has 1 heterocycles. The Kier molecular flexibility index (Phi) is 6.63. The maximum Gasteiger partial charge on any atom is 0.286 e. The van der Waals surface area contributed by atoms with Crippen LogP contribution in [0.5, 0.6) is 0 Å². The van der Waals surface area contributed by atoms with Gasteiger partial charge in [-0.25, -0.2) is 0 Å². The molecule has 0 radical (unpaired) electrons. The number of ether oxygens (including phenoxy) is 1. The SMILES string of the molecule is Cc1cc(C)c([Si]2(c3c(C)cc(C)cc3C)OC[C@@H](C(C)(C)C)O[C@@H]2C(C)(C)C)c(C)c1. The molecule has 3 rings (SSSR count). The third-order valence-corrected chi connectivity index (χ3v) is 12.4. The monoisotopic (exact) mass is 452 g/mol. The van der Waals surface area contributed by atoms with Crippen LogP contribution in [0, 0.1) is 52.4 Å². The van der Waals surface area contributed by atoms with Gasteiger partial charge in [-0.2, -0.15) is 0 Å². The summed E-state index contributed by atoms with van der Waals surface area (Å²) in [5.41, 5.74) is 7.92. The molecule has 1 aliphatic heterocycles. The Morgan fingerprint density at radius 1 is 0.656 bits per heavy atom. The summed E-state index contributed by atoms with van der Waals surface area (Å²) in [5.74, 6) is 0. The van der Waals surface area contributed by atoms with Crippen molar-refractivity contribution < 1.29 is 9.16 Å². The van der Waals surface area contributed by atoms with Gasteiger partial charge < -0.3 is 9.16 Å². The normalized spacial score (nSPS) is 21.6. The smallest absolute Gasteiger partial charge is 0.286 e. The largest absolute Gasteiger partial charge is 0.403 e. The summed E-state index contributed by atoms with van der Waals surface area (Å²) < 4.78 is 14.5. The second kappa shape index (κ2) is 8.41. The molecule has 0 unspecified atom stereocenters. The minimum absolute atomic E-state index is 0.00758. The molecule has 1 fully saturated rings. The molecule has 0 N–H and O–H groups in total. The number of aryl methyl sites for hydroxylation is 6. The zero-order valence-electron chi connectivity index (χ0n) is 22.5. The Morgan fingerprint density at radius 2 is 1.03 bits per heavy atom. The van der Waals surface area contributed by atoms with Gasteiger partial charge in [-0.15, -0.1) is 0 Å². The summed E-state index contributed by atoms with van der Waals surface area (Å²) >= 11 is 0. The average molecular weight is 453 g/mol. The average Bonchev–Trinajstić information content (AvgIpc) is 2.58. The van der Waals surface area contributed by atoms with Crippen molar-refractivity contribution in [3.8, 4) is 0 Å². The van der Waals surface area contributed by atoms with E-state index in [1.807, 2.05) is 0 Å².